The van der Waals surface area contributed by atoms with Gasteiger partial charge >= 0.3 is 6.09 Å². The molecule has 0 bridgehead atoms. The van der Waals surface area contributed by atoms with E-state index in [1.807, 2.05) is 32.9 Å². The normalized spacial score (nSPS) is 14.4. The van der Waals surface area contributed by atoms with Crippen LogP contribution in [-0.2, 0) is 4.74 Å². The van der Waals surface area contributed by atoms with Crippen molar-refractivity contribution in [2.24, 2.45) is 0 Å². The second-order valence-electron chi connectivity index (χ2n) is 11.0. The number of aromatic nitrogens is 1. The van der Waals surface area contributed by atoms with Crippen LogP contribution < -0.4 is 5.32 Å². The second-order valence-corrected chi connectivity index (χ2v) is 15.7. The summed E-state index contributed by atoms with van der Waals surface area (Å²) in [4.78, 5) is 12.1. The van der Waals surface area contributed by atoms with Crippen molar-refractivity contribution in [3.8, 4) is 22.7 Å². The molecule has 0 atom stereocenters. The molecule has 172 valence electrons. The van der Waals surface area contributed by atoms with Crippen LogP contribution in [0.2, 0.25) is 19.6 Å². The van der Waals surface area contributed by atoms with Crippen molar-refractivity contribution >= 4 is 30.8 Å². The SMILES string of the molecule is CC(C)(C)OC(=O)Nc1ccc(-c2cc3ccc(C#C[Si](C)(C)C)cc3n2C2CCC2)cc1. The number of ether oxygens (including phenoxy) is 1. The number of hydrogen-bond acceptors (Lipinski definition) is 2. The number of carbonyl (C=O) groups is 1. The van der Waals surface area contributed by atoms with E-state index in [1.165, 1.54) is 35.9 Å². The fourth-order valence-corrected chi connectivity index (χ4v) is 4.48. The van der Waals surface area contributed by atoms with Crippen LogP contribution in [0.5, 0.6) is 0 Å². The minimum Gasteiger partial charge on any atom is -0.444 e. The van der Waals surface area contributed by atoms with Crippen LogP contribution in [0.25, 0.3) is 22.2 Å². The van der Waals surface area contributed by atoms with E-state index in [-0.39, 0.29) is 0 Å². The summed E-state index contributed by atoms with van der Waals surface area (Å²) in [6.07, 6.45) is 3.25. The van der Waals surface area contributed by atoms with E-state index >= 15 is 0 Å². The van der Waals surface area contributed by atoms with Gasteiger partial charge in [-0.2, -0.15) is 0 Å². The molecule has 0 aliphatic heterocycles. The lowest BCUT2D eigenvalue weighted by Gasteiger charge is -2.30. The molecule has 1 aliphatic carbocycles. The Morgan fingerprint density at radius 2 is 1.76 bits per heavy atom. The van der Waals surface area contributed by atoms with Crippen molar-refractivity contribution in [2.45, 2.75) is 71.3 Å². The lowest BCUT2D eigenvalue weighted by atomic mass is 9.92. The van der Waals surface area contributed by atoms with Crippen molar-refractivity contribution in [1.29, 1.82) is 0 Å². The molecule has 33 heavy (non-hydrogen) atoms. The van der Waals surface area contributed by atoms with E-state index in [2.05, 4.69) is 77.4 Å². The smallest absolute Gasteiger partial charge is 0.412 e. The Labute approximate surface area is 198 Å². The molecule has 0 radical (unpaired) electrons. The van der Waals surface area contributed by atoms with Crippen LogP contribution in [-0.4, -0.2) is 24.3 Å². The fraction of sp³-hybridized carbons (Fsp3) is 0.393. The van der Waals surface area contributed by atoms with Crippen molar-refractivity contribution in [1.82, 2.24) is 4.57 Å². The van der Waals surface area contributed by atoms with Gasteiger partial charge in [0.25, 0.3) is 0 Å². The number of anilines is 1. The molecule has 1 aromatic heterocycles. The van der Waals surface area contributed by atoms with E-state index < -0.39 is 19.8 Å². The monoisotopic (exact) mass is 458 g/mol. The minimum atomic E-state index is -1.42. The highest BCUT2D eigenvalue weighted by Gasteiger charge is 2.24. The lowest BCUT2D eigenvalue weighted by molar-refractivity contribution is 0.0636. The molecule has 1 N–H and O–H groups in total. The van der Waals surface area contributed by atoms with Gasteiger partial charge in [0.05, 0.1) is 0 Å². The quantitative estimate of drug-likeness (QED) is 0.324. The van der Waals surface area contributed by atoms with Gasteiger partial charge in [-0.25, -0.2) is 4.79 Å². The number of nitrogens with zero attached hydrogens (tertiary/aromatic N) is 1. The van der Waals surface area contributed by atoms with Crippen LogP contribution in [0.15, 0.2) is 48.5 Å². The molecule has 1 fully saturated rings. The average Bonchev–Trinajstić information content (AvgIpc) is 3.02. The first-order chi connectivity index (χ1) is 15.5. The maximum absolute atomic E-state index is 12.1. The van der Waals surface area contributed by atoms with Crippen LogP contribution in [0.3, 0.4) is 0 Å². The molecule has 1 amide bonds. The Bertz CT molecular complexity index is 1230. The first-order valence-electron chi connectivity index (χ1n) is 11.8. The minimum absolute atomic E-state index is 0.439. The van der Waals surface area contributed by atoms with E-state index in [9.17, 15) is 4.79 Å². The van der Waals surface area contributed by atoms with Gasteiger partial charge in [-0.1, -0.05) is 43.8 Å². The summed E-state index contributed by atoms with van der Waals surface area (Å²) in [6.45, 7) is 12.4. The molecular weight excluding hydrogens is 424 g/mol. The van der Waals surface area contributed by atoms with Gasteiger partial charge in [0, 0.05) is 33.9 Å². The number of rotatable bonds is 3. The molecule has 0 unspecified atom stereocenters. The number of amides is 1. The summed E-state index contributed by atoms with van der Waals surface area (Å²) in [6, 6.07) is 17.4. The Balaban J connectivity index is 1.67. The first kappa shape index (κ1) is 23.2. The third-order valence-corrected chi connectivity index (χ3v) is 6.56. The molecular formula is C28H34N2O2Si. The molecule has 1 aliphatic rings. The maximum Gasteiger partial charge on any atom is 0.412 e. The largest absolute Gasteiger partial charge is 0.444 e. The van der Waals surface area contributed by atoms with Gasteiger partial charge in [0.2, 0.25) is 0 Å². The zero-order chi connectivity index (χ0) is 23.8. The van der Waals surface area contributed by atoms with E-state index in [0.29, 0.717) is 6.04 Å². The number of benzene rings is 2. The Morgan fingerprint density at radius 1 is 1.06 bits per heavy atom. The summed E-state index contributed by atoms with van der Waals surface area (Å²) in [7, 11) is -1.42. The fourth-order valence-electron chi connectivity index (χ4n) is 3.96. The highest BCUT2D eigenvalue weighted by molar-refractivity contribution is 6.83. The van der Waals surface area contributed by atoms with Crippen molar-refractivity contribution < 1.29 is 9.53 Å². The zero-order valence-corrected chi connectivity index (χ0v) is 21.6. The van der Waals surface area contributed by atoms with Crippen LogP contribution in [0, 0.1) is 11.5 Å². The van der Waals surface area contributed by atoms with Gasteiger partial charge in [-0.05, 0) is 75.9 Å². The molecule has 1 saturated carbocycles. The van der Waals surface area contributed by atoms with Crippen molar-refractivity contribution in [2.75, 3.05) is 5.32 Å². The van der Waals surface area contributed by atoms with Crippen molar-refractivity contribution in [3.05, 3.63) is 54.1 Å². The molecule has 1 heterocycles. The lowest BCUT2D eigenvalue weighted by Crippen LogP contribution is -2.27. The zero-order valence-electron chi connectivity index (χ0n) is 20.6. The summed E-state index contributed by atoms with van der Waals surface area (Å²) < 4.78 is 7.85. The summed E-state index contributed by atoms with van der Waals surface area (Å²) in [5.74, 6) is 3.42. The summed E-state index contributed by atoms with van der Waals surface area (Å²) >= 11 is 0. The van der Waals surface area contributed by atoms with Gasteiger partial charge in [0.15, 0.2) is 0 Å². The topological polar surface area (TPSA) is 43.3 Å². The predicted molar refractivity (Wildman–Crippen MR) is 140 cm³/mol. The van der Waals surface area contributed by atoms with Crippen LogP contribution in [0.1, 0.15) is 51.6 Å². The highest BCUT2D eigenvalue weighted by atomic mass is 28.3. The maximum atomic E-state index is 12.1. The summed E-state index contributed by atoms with van der Waals surface area (Å²) in [5.41, 5.74) is 8.40. The predicted octanol–water partition coefficient (Wildman–Crippen LogP) is 7.61. The van der Waals surface area contributed by atoms with Crippen LogP contribution in [0.4, 0.5) is 10.5 Å². The molecule has 5 heteroatoms. The Morgan fingerprint density at radius 3 is 2.33 bits per heavy atom. The first-order valence-corrected chi connectivity index (χ1v) is 15.3. The molecule has 2 aromatic carbocycles. The molecule has 4 rings (SSSR count). The number of nitrogens with one attached hydrogen (secondary N) is 1. The third-order valence-electron chi connectivity index (χ3n) is 5.69. The summed E-state index contributed by atoms with van der Waals surface area (Å²) in [5, 5.41) is 4.06. The average molecular weight is 459 g/mol. The molecule has 4 nitrogen and oxygen atoms in total. The van der Waals surface area contributed by atoms with Gasteiger partial charge < -0.3 is 9.30 Å². The molecule has 0 spiro atoms. The molecule has 3 aromatic rings. The van der Waals surface area contributed by atoms with Gasteiger partial charge in [0.1, 0.15) is 13.7 Å². The number of carbonyl (C=O) groups excluding carboxylic acids is 1. The van der Waals surface area contributed by atoms with Crippen LogP contribution >= 0.6 is 0 Å². The van der Waals surface area contributed by atoms with E-state index in [0.717, 1.165) is 16.8 Å². The number of hydrogen-bond donors (Lipinski definition) is 1. The third kappa shape index (κ3) is 5.69. The number of fused-ring (bicyclic) bond motifs is 1. The Kier molecular flexibility index (Phi) is 6.15. The van der Waals surface area contributed by atoms with Crippen molar-refractivity contribution in [3.63, 3.8) is 0 Å². The molecule has 0 saturated heterocycles. The van der Waals surface area contributed by atoms with E-state index in [1.54, 1.807) is 0 Å². The van der Waals surface area contributed by atoms with Gasteiger partial charge in [-0.3, -0.25) is 5.32 Å². The van der Waals surface area contributed by atoms with E-state index in [4.69, 9.17) is 4.74 Å². The van der Waals surface area contributed by atoms with Gasteiger partial charge in [-0.15, -0.1) is 5.54 Å². The Hall–Kier alpha value is -2.97. The standard InChI is InChI=1S/C28H34N2O2Si/c1-28(2,3)32-27(31)29-23-14-12-21(13-15-23)26-19-22-11-10-20(16-17-33(4,5)6)18-25(22)30(26)24-8-7-9-24/h10-15,18-19,24H,7-9H2,1-6H3,(H,29,31). The highest BCUT2D eigenvalue weighted by Crippen LogP contribution is 2.40. The second kappa shape index (κ2) is 8.76.